The summed E-state index contributed by atoms with van der Waals surface area (Å²) in [5.41, 5.74) is -0.0645. The van der Waals surface area contributed by atoms with Gasteiger partial charge in [-0.15, -0.1) is 0 Å². The summed E-state index contributed by atoms with van der Waals surface area (Å²) in [5.74, 6) is 0.816. The van der Waals surface area contributed by atoms with Crippen molar-refractivity contribution in [2.45, 2.75) is 49.0 Å². The smallest absolute Gasteiger partial charge is 0.229 e. The van der Waals surface area contributed by atoms with Crippen LogP contribution in [0.1, 0.15) is 38.0 Å². The molecular formula is C16H20N2O4S. The van der Waals surface area contributed by atoms with Crippen LogP contribution in [-0.4, -0.2) is 35.5 Å². The van der Waals surface area contributed by atoms with E-state index in [1.807, 2.05) is 0 Å². The first-order valence-corrected chi connectivity index (χ1v) is 9.60. The molecule has 6 nitrogen and oxygen atoms in total. The highest BCUT2D eigenvalue weighted by Crippen LogP contribution is 2.31. The van der Waals surface area contributed by atoms with E-state index in [0.717, 1.165) is 32.1 Å². The van der Waals surface area contributed by atoms with E-state index in [2.05, 4.69) is 10.1 Å². The van der Waals surface area contributed by atoms with Crippen molar-refractivity contribution in [3.05, 3.63) is 30.2 Å². The maximum atomic E-state index is 11.5. The highest BCUT2D eigenvalue weighted by atomic mass is 32.2. The maximum Gasteiger partial charge on any atom is 0.229 e. The highest BCUT2D eigenvalue weighted by Gasteiger charge is 2.31. The molecule has 3 rings (SSSR count). The Kier molecular flexibility index (Phi) is 4.25. The summed E-state index contributed by atoms with van der Waals surface area (Å²) in [5, 5.41) is 14.5. The zero-order chi connectivity index (χ0) is 16.5. The normalized spacial score (nSPS) is 18.0. The van der Waals surface area contributed by atoms with Gasteiger partial charge in [-0.2, -0.15) is 4.98 Å². The van der Waals surface area contributed by atoms with Crippen molar-refractivity contribution in [3.8, 4) is 11.4 Å². The van der Waals surface area contributed by atoms with Gasteiger partial charge in [-0.25, -0.2) is 8.42 Å². The van der Waals surface area contributed by atoms with Crippen LogP contribution in [-0.2, 0) is 16.3 Å². The summed E-state index contributed by atoms with van der Waals surface area (Å²) in [6.45, 7) is 0. The number of hydrogen-bond donors (Lipinski definition) is 1. The second kappa shape index (κ2) is 6.05. The Labute approximate surface area is 135 Å². The molecular weight excluding hydrogens is 316 g/mol. The summed E-state index contributed by atoms with van der Waals surface area (Å²) >= 11 is 0. The van der Waals surface area contributed by atoms with Gasteiger partial charge >= 0.3 is 0 Å². The van der Waals surface area contributed by atoms with E-state index in [0.29, 0.717) is 23.7 Å². The SMILES string of the molecule is CS(=O)(=O)c1ccc(-c2noc(CC3(O)CCCCC3)n2)cc1. The fourth-order valence-corrected chi connectivity index (χ4v) is 3.59. The third-order valence-electron chi connectivity index (χ3n) is 4.27. The predicted octanol–water partition coefficient (Wildman–Crippen LogP) is 2.38. The molecule has 0 atom stereocenters. The second-order valence-electron chi connectivity index (χ2n) is 6.27. The first-order chi connectivity index (χ1) is 10.9. The van der Waals surface area contributed by atoms with Crippen molar-refractivity contribution in [1.29, 1.82) is 0 Å². The van der Waals surface area contributed by atoms with Crippen LogP contribution in [0, 0.1) is 0 Å². The molecule has 1 saturated carbocycles. The third-order valence-corrected chi connectivity index (χ3v) is 5.40. The molecule has 124 valence electrons. The minimum absolute atomic E-state index is 0.251. The first-order valence-electron chi connectivity index (χ1n) is 7.71. The summed E-state index contributed by atoms with van der Waals surface area (Å²) < 4.78 is 28.2. The Bertz CT molecular complexity index is 775. The zero-order valence-corrected chi connectivity index (χ0v) is 13.8. The Hall–Kier alpha value is -1.73. The second-order valence-corrected chi connectivity index (χ2v) is 8.29. The average Bonchev–Trinajstić information content (AvgIpc) is 2.95. The van der Waals surface area contributed by atoms with Crippen LogP contribution >= 0.6 is 0 Å². The number of benzene rings is 1. The molecule has 0 radical (unpaired) electrons. The van der Waals surface area contributed by atoms with Crippen LogP contribution in [0.4, 0.5) is 0 Å². The molecule has 0 bridgehead atoms. The molecule has 1 aliphatic rings. The lowest BCUT2D eigenvalue weighted by atomic mass is 9.82. The number of hydrogen-bond acceptors (Lipinski definition) is 6. The van der Waals surface area contributed by atoms with Gasteiger partial charge in [0.2, 0.25) is 11.7 Å². The van der Waals surface area contributed by atoms with Gasteiger partial charge in [0.15, 0.2) is 9.84 Å². The Morgan fingerprint density at radius 1 is 1.17 bits per heavy atom. The van der Waals surface area contributed by atoms with Gasteiger partial charge in [-0.1, -0.05) is 24.4 Å². The lowest BCUT2D eigenvalue weighted by Gasteiger charge is -2.30. The maximum absolute atomic E-state index is 11.5. The van der Waals surface area contributed by atoms with Crippen molar-refractivity contribution in [2.75, 3.05) is 6.26 Å². The molecule has 2 aromatic rings. The molecule has 1 fully saturated rings. The van der Waals surface area contributed by atoms with E-state index in [-0.39, 0.29) is 4.90 Å². The Morgan fingerprint density at radius 2 is 1.83 bits per heavy atom. The summed E-state index contributed by atoms with van der Waals surface area (Å²) in [6, 6.07) is 6.35. The van der Waals surface area contributed by atoms with Crippen LogP contribution in [0.5, 0.6) is 0 Å². The van der Waals surface area contributed by atoms with Crippen molar-refractivity contribution >= 4 is 9.84 Å². The summed E-state index contributed by atoms with van der Waals surface area (Å²) in [4.78, 5) is 4.58. The largest absolute Gasteiger partial charge is 0.389 e. The fraction of sp³-hybridized carbons (Fsp3) is 0.500. The first kappa shape index (κ1) is 16.1. The van der Waals surface area contributed by atoms with Crippen LogP contribution in [0.25, 0.3) is 11.4 Å². The molecule has 23 heavy (non-hydrogen) atoms. The van der Waals surface area contributed by atoms with Gasteiger partial charge < -0.3 is 9.63 Å². The molecule has 0 saturated heterocycles. The Morgan fingerprint density at radius 3 is 2.43 bits per heavy atom. The van der Waals surface area contributed by atoms with Gasteiger partial charge in [-0.05, 0) is 37.1 Å². The molecule has 1 aliphatic carbocycles. The number of aromatic nitrogens is 2. The Balaban J connectivity index is 1.76. The van der Waals surface area contributed by atoms with E-state index in [1.165, 1.54) is 18.4 Å². The summed E-state index contributed by atoms with van der Waals surface area (Å²) in [7, 11) is -3.22. The van der Waals surface area contributed by atoms with Crippen LogP contribution in [0.3, 0.4) is 0 Å². The molecule has 1 N–H and O–H groups in total. The third kappa shape index (κ3) is 3.79. The molecule has 1 heterocycles. The molecule has 0 unspecified atom stereocenters. The minimum Gasteiger partial charge on any atom is -0.389 e. The average molecular weight is 336 g/mol. The topological polar surface area (TPSA) is 93.3 Å². The van der Waals surface area contributed by atoms with Crippen LogP contribution in [0.2, 0.25) is 0 Å². The lowest BCUT2D eigenvalue weighted by molar-refractivity contribution is -0.00182. The van der Waals surface area contributed by atoms with Gasteiger partial charge in [0.1, 0.15) is 0 Å². The molecule has 0 aliphatic heterocycles. The van der Waals surface area contributed by atoms with Crippen molar-refractivity contribution in [3.63, 3.8) is 0 Å². The van der Waals surface area contributed by atoms with Crippen LogP contribution in [0.15, 0.2) is 33.7 Å². The van der Waals surface area contributed by atoms with Gasteiger partial charge in [0.25, 0.3) is 0 Å². The van der Waals surface area contributed by atoms with E-state index < -0.39 is 15.4 Å². The van der Waals surface area contributed by atoms with E-state index in [1.54, 1.807) is 12.1 Å². The van der Waals surface area contributed by atoms with E-state index in [4.69, 9.17) is 4.52 Å². The highest BCUT2D eigenvalue weighted by molar-refractivity contribution is 7.90. The summed E-state index contributed by atoms with van der Waals surface area (Å²) in [6.07, 6.45) is 6.24. The number of sulfone groups is 1. The van der Waals surface area contributed by atoms with Crippen molar-refractivity contribution in [1.82, 2.24) is 10.1 Å². The molecule has 7 heteroatoms. The number of nitrogens with zero attached hydrogens (tertiary/aromatic N) is 2. The predicted molar refractivity (Wildman–Crippen MR) is 84.6 cm³/mol. The monoisotopic (exact) mass is 336 g/mol. The number of aliphatic hydroxyl groups is 1. The van der Waals surface area contributed by atoms with Crippen LogP contribution < -0.4 is 0 Å². The lowest BCUT2D eigenvalue weighted by Crippen LogP contribution is -2.33. The number of rotatable bonds is 4. The van der Waals surface area contributed by atoms with E-state index >= 15 is 0 Å². The molecule has 0 amide bonds. The quantitative estimate of drug-likeness (QED) is 0.921. The molecule has 1 aromatic heterocycles. The van der Waals surface area contributed by atoms with Crippen molar-refractivity contribution < 1.29 is 18.0 Å². The fourth-order valence-electron chi connectivity index (χ4n) is 2.96. The minimum atomic E-state index is -3.22. The molecule has 1 aromatic carbocycles. The standard InChI is InChI=1S/C16H20N2O4S/c1-23(20,21)13-7-5-12(6-8-13)15-17-14(22-18-15)11-16(19)9-3-2-4-10-16/h5-8,19H,2-4,9-11H2,1H3. The zero-order valence-electron chi connectivity index (χ0n) is 13.0. The van der Waals surface area contributed by atoms with Gasteiger partial charge in [0.05, 0.1) is 16.9 Å². The van der Waals surface area contributed by atoms with Gasteiger partial charge in [-0.3, -0.25) is 0 Å². The van der Waals surface area contributed by atoms with E-state index in [9.17, 15) is 13.5 Å². The molecule has 0 spiro atoms. The van der Waals surface area contributed by atoms with Crippen molar-refractivity contribution in [2.24, 2.45) is 0 Å². The van der Waals surface area contributed by atoms with Gasteiger partial charge in [0, 0.05) is 11.8 Å².